The predicted octanol–water partition coefficient (Wildman–Crippen LogP) is 2.76. The SMILES string of the molecule is CCNCC(C)COc1ccc(C)c(F)c1. The van der Waals surface area contributed by atoms with Crippen LogP contribution in [0.2, 0.25) is 0 Å². The van der Waals surface area contributed by atoms with Crippen LogP contribution in [0.5, 0.6) is 5.75 Å². The summed E-state index contributed by atoms with van der Waals surface area (Å²) in [6, 6.07) is 4.98. The molecule has 3 heteroatoms. The summed E-state index contributed by atoms with van der Waals surface area (Å²) in [6.45, 7) is 8.41. The fourth-order valence-electron chi connectivity index (χ4n) is 1.35. The van der Waals surface area contributed by atoms with Crippen molar-refractivity contribution in [2.75, 3.05) is 19.7 Å². The molecule has 0 aliphatic heterocycles. The van der Waals surface area contributed by atoms with E-state index in [1.54, 1.807) is 19.1 Å². The lowest BCUT2D eigenvalue weighted by Crippen LogP contribution is -2.24. The van der Waals surface area contributed by atoms with Gasteiger partial charge in [-0.1, -0.05) is 19.9 Å². The molecule has 0 saturated carbocycles. The van der Waals surface area contributed by atoms with Crippen molar-refractivity contribution in [3.8, 4) is 5.75 Å². The molecule has 1 aromatic carbocycles. The van der Waals surface area contributed by atoms with Crippen LogP contribution >= 0.6 is 0 Å². The van der Waals surface area contributed by atoms with Crippen LogP contribution in [0, 0.1) is 18.7 Å². The average molecular weight is 225 g/mol. The van der Waals surface area contributed by atoms with Crippen LogP contribution in [0.3, 0.4) is 0 Å². The van der Waals surface area contributed by atoms with E-state index in [1.165, 1.54) is 6.07 Å². The lowest BCUT2D eigenvalue weighted by molar-refractivity contribution is 0.255. The summed E-state index contributed by atoms with van der Waals surface area (Å²) in [5.41, 5.74) is 0.646. The average Bonchev–Trinajstić information content (AvgIpc) is 2.28. The molecule has 1 aromatic rings. The van der Waals surface area contributed by atoms with E-state index in [1.807, 2.05) is 0 Å². The van der Waals surface area contributed by atoms with Crippen molar-refractivity contribution in [3.63, 3.8) is 0 Å². The van der Waals surface area contributed by atoms with Gasteiger partial charge in [0.2, 0.25) is 0 Å². The van der Waals surface area contributed by atoms with Crippen LogP contribution in [-0.2, 0) is 0 Å². The Morgan fingerprint density at radius 2 is 2.19 bits per heavy atom. The molecule has 0 aliphatic rings. The van der Waals surface area contributed by atoms with Crippen molar-refractivity contribution >= 4 is 0 Å². The number of ether oxygens (including phenoxy) is 1. The number of aryl methyl sites for hydroxylation is 1. The van der Waals surface area contributed by atoms with Crippen LogP contribution < -0.4 is 10.1 Å². The molecule has 0 radical (unpaired) electrons. The molecule has 0 heterocycles. The summed E-state index contributed by atoms with van der Waals surface area (Å²) >= 11 is 0. The molecule has 1 unspecified atom stereocenters. The minimum absolute atomic E-state index is 0.211. The Balaban J connectivity index is 2.39. The Labute approximate surface area is 96.8 Å². The molecule has 1 rings (SSSR count). The molecule has 2 nitrogen and oxygen atoms in total. The highest BCUT2D eigenvalue weighted by molar-refractivity contribution is 5.27. The quantitative estimate of drug-likeness (QED) is 0.803. The summed E-state index contributed by atoms with van der Waals surface area (Å²) in [5.74, 6) is 0.813. The smallest absolute Gasteiger partial charge is 0.129 e. The molecule has 1 atom stereocenters. The van der Waals surface area contributed by atoms with Crippen molar-refractivity contribution in [1.29, 1.82) is 0 Å². The maximum atomic E-state index is 13.2. The second-order valence-electron chi connectivity index (χ2n) is 4.13. The van der Waals surface area contributed by atoms with Crippen molar-refractivity contribution in [3.05, 3.63) is 29.6 Å². The van der Waals surface area contributed by atoms with E-state index in [0.29, 0.717) is 23.8 Å². The van der Waals surface area contributed by atoms with Crippen LogP contribution in [0.4, 0.5) is 4.39 Å². The topological polar surface area (TPSA) is 21.3 Å². The summed E-state index contributed by atoms with van der Waals surface area (Å²) in [6.07, 6.45) is 0. The van der Waals surface area contributed by atoms with Gasteiger partial charge in [-0.05, 0) is 25.1 Å². The normalized spacial score (nSPS) is 12.5. The lowest BCUT2D eigenvalue weighted by Gasteiger charge is -2.13. The summed E-state index contributed by atoms with van der Waals surface area (Å²) in [4.78, 5) is 0. The molecule has 16 heavy (non-hydrogen) atoms. The van der Waals surface area contributed by atoms with Crippen LogP contribution in [0.1, 0.15) is 19.4 Å². The highest BCUT2D eigenvalue weighted by Crippen LogP contribution is 2.16. The maximum Gasteiger partial charge on any atom is 0.129 e. The van der Waals surface area contributed by atoms with E-state index < -0.39 is 0 Å². The molecular formula is C13H20FNO. The largest absolute Gasteiger partial charge is 0.493 e. The standard InChI is InChI=1S/C13H20FNO/c1-4-15-8-10(2)9-16-12-6-5-11(3)13(14)7-12/h5-7,10,15H,4,8-9H2,1-3H3. The van der Waals surface area contributed by atoms with Gasteiger partial charge in [-0.3, -0.25) is 0 Å². The van der Waals surface area contributed by atoms with Gasteiger partial charge in [0.15, 0.2) is 0 Å². The minimum Gasteiger partial charge on any atom is -0.493 e. The van der Waals surface area contributed by atoms with Gasteiger partial charge in [0.05, 0.1) is 6.61 Å². The van der Waals surface area contributed by atoms with Crippen molar-refractivity contribution in [2.45, 2.75) is 20.8 Å². The number of rotatable bonds is 6. The fraction of sp³-hybridized carbons (Fsp3) is 0.538. The number of hydrogen-bond donors (Lipinski definition) is 1. The minimum atomic E-state index is -0.211. The van der Waals surface area contributed by atoms with Crippen LogP contribution in [0.15, 0.2) is 18.2 Å². The second-order valence-corrected chi connectivity index (χ2v) is 4.13. The number of hydrogen-bond acceptors (Lipinski definition) is 2. The number of benzene rings is 1. The number of halogens is 1. The first-order chi connectivity index (χ1) is 7.63. The third kappa shape index (κ3) is 4.19. The first-order valence-corrected chi connectivity index (χ1v) is 5.73. The Bertz CT molecular complexity index is 328. The maximum absolute atomic E-state index is 13.2. The van der Waals surface area contributed by atoms with Gasteiger partial charge < -0.3 is 10.1 Å². The van der Waals surface area contributed by atoms with Crippen LogP contribution in [0.25, 0.3) is 0 Å². The van der Waals surface area contributed by atoms with E-state index in [0.717, 1.165) is 13.1 Å². The molecule has 0 spiro atoms. The zero-order valence-electron chi connectivity index (χ0n) is 10.2. The monoisotopic (exact) mass is 225 g/mol. The highest BCUT2D eigenvalue weighted by Gasteiger charge is 2.04. The van der Waals surface area contributed by atoms with Gasteiger partial charge in [0.1, 0.15) is 11.6 Å². The second kappa shape index (κ2) is 6.48. The molecule has 90 valence electrons. The molecule has 0 aromatic heterocycles. The Kier molecular flexibility index (Phi) is 5.26. The van der Waals surface area contributed by atoms with Gasteiger partial charge in [-0.25, -0.2) is 4.39 Å². The third-order valence-electron chi connectivity index (χ3n) is 2.42. The van der Waals surface area contributed by atoms with Crippen LogP contribution in [-0.4, -0.2) is 19.7 Å². The first-order valence-electron chi connectivity index (χ1n) is 5.73. The van der Waals surface area contributed by atoms with Gasteiger partial charge in [0.25, 0.3) is 0 Å². The van der Waals surface area contributed by atoms with Crippen molar-refractivity contribution in [2.24, 2.45) is 5.92 Å². The number of nitrogens with one attached hydrogen (secondary N) is 1. The van der Waals surface area contributed by atoms with Crippen molar-refractivity contribution < 1.29 is 9.13 Å². The van der Waals surface area contributed by atoms with Gasteiger partial charge in [-0.2, -0.15) is 0 Å². The fourth-order valence-corrected chi connectivity index (χ4v) is 1.35. The van der Waals surface area contributed by atoms with Gasteiger partial charge >= 0.3 is 0 Å². The van der Waals surface area contributed by atoms with E-state index >= 15 is 0 Å². The van der Waals surface area contributed by atoms with Gasteiger partial charge in [-0.15, -0.1) is 0 Å². The Morgan fingerprint density at radius 3 is 2.81 bits per heavy atom. The zero-order chi connectivity index (χ0) is 12.0. The molecule has 0 amide bonds. The van der Waals surface area contributed by atoms with Gasteiger partial charge in [0, 0.05) is 18.5 Å². The van der Waals surface area contributed by atoms with E-state index in [2.05, 4.69) is 19.2 Å². The zero-order valence-corrected chi connectivity index (χ0v) is 10.2. The summed E-state index contributed by atoms with van der Waals surface area (Å²) in [5, 5.41) is 3.25. The third-order valence-corrected chi connectivity index (χ3v) is 2.42. The van der Waals surface area contributed by atoms with Crippen molar-refractivity contribution in [1.82, 2.24) is 5.32 Å². The summed E-state index contributed by atoms with van der Waals surface area (Å²) in [7, 11) is 0. The molecule has 1 N–H and O–H groups in total. The molecule has 0 fully saturated rings. The Morgan fingerprint density at radius 1 is 1.44 bits per heavy atom. The van der Waals surface area contributed by atoms with E-state index in [4.69, 9.17) is 4.74 Å². The van der Waals surface area contributed by atoms with E-state index in [-0.39, 0.29) is 5.82 Å². The predicted molar refractivity (Wildman–Crippen MR) is 64.3 cm³/mol. The van der Waals surface area contributed by atoms with E-state index in [9.17, 15) is 4.39 Å². The lowest BCUT2D eigenvalue weighted by atomic mass is 10.2. The molecule has 0 saturated heterocycles. The molecule has 0 aliphatic carbocycles. The molecular weight excluding hydrogens is 205 g/mol. The highest BCUT2D eigenvalue weighted by atomic mass is 19.1. The Hall–Kier alpha value is -1.09. The summed E-state index contributed by atoms with van der Waals surface area (Å²) < 4.78 is 18.7. The first kappa shape index (κ1) is 13.0. The molecule has 0 bridgehead atoms.